The first-order valence-electron chi connectivity index (χ1n) is 11.0. The van der Waals surface area contributed by atoms with Gasteiger partial charge in [-0.3, -0.25) is 9.59 Å². The maximum Gasteiger partial charge on any atom is 0.222 e. The fraction of sp³-hybridized carbons (Fsp3) is 0.905. The van der Waals surface area contributed by atoms with E-state index in [4.69, 9.17) is 9.47 Å². The third kappa shape index (κ3) is 7.68. The van der Waals surface area contributed by atoms with E-state index in [0.29, 0.717) is 12.8 Å². The Labute approximate surface area is 170 Å². The van der Waals surface area contributed by atoms with Crippen LogP contribution in [0.1, 0.15) is 52.4 Å². The van der Waals surface area contributed by atoms with E-state index in [1.807, 2.05) is 23.6 Å². The number of hydrogen-bond acceptors (Lipinski definition) is 5. The van der Waals surface area contributed by atoms with E-state index < -0.39 is 0 Å². The van der Waals surface area contributed by atoms with Crippen molar-refractivity contribution in [1.29, 1.82) is 0 Å². The molecule has 0 bridgehead atoms. The highest BCUT2D eigenvalue weighted by molar-refractivity contribution is 5.76. The summed E-state index contributed by atoms with van der Waals surface area (Å²) in [5, 5.41) is 0. The van der Waals surface area contributed by atoms with Crippen molar-refractivity contribution in [1.82, 2.24) is 14.7 Å². The summed E-state index contributed by atoms with van der Waals surface area (Å²) in [7, 11) is 2.10. The minimum absolute atomic E-state index is 0.251. The van der Waals surface area contributed by atoms with Crippen LogP contribution in [0.5, 0.6) is 0 Å². The zero-order valence-corrected chi connectivity index (χ0v) is 18.0. The predicted molar refractivity (Wildman–Crippen MR) is 109 cm³/mol. The third-order valence-corrected chi connectivity index (χ3v) is 5.85. The van der Waals surface area contributed by atoms with Gasteiger partial charge >= 0.3 is 0 Å². The van der Waals surface area contributed by atoms with Gasteiger partial charge in [-0.2, -0.15) is 0 Å². The molecule has 0 N–H and O–H groups in total. The van der Waals surface area contributed by atoms with E-state index in [2.05, 4.69) is 11.9 Å². The Kier molecular flexibility index (Phi) is 10.2. The molecular weight excluding hydrogens is 358 g/mol. The van der Waals surface area contributed by atoms with E-state index in [-0.39, 0.29) is 24.0 Å². The van der Waals surface area contributed by atoms with Crippen LogP contribution in [0.4, 0.5) is 0 Å². The number of ether oxygens (including phenoxy) is 2. The van der Waals surface area contributed by atoms with Gasteiger partial charge in [-0.05, 0) is 32.7 Å². The number of carbonyl (C=O) groups excluding carboxylic acids is 2. The summed E-state index contributed by atoms with van der Waals surface area (Å²) in [4.78, 5) is 29.5. The van der Waals surface area contributed by atoms with Crippen molar-refractivity contribution in [2.75, 3.05) is 59.5 Å². The van der Waals surface area contributed by atoms with Crippen LogP contribution < -0.4 is 0 Å². The molecule has 0 atom stereocenters. The number of piperidine rings is 2. The van der Waals surface area contributed by atoms with Crippen molar-refractivity contribution in [3.05, 3.63) is 0 Å². The first-order valence-corrected chi connectivity index (χ1v) is 11.0. The Bertz CT molecular complexity index is 430. The van der Waals surface area contributed by atoms with Crippen LogP contribution in [0.2, 0.25) is 0 Å². The van der Waals surface area contributed by atoms with E-state index >= 15 is 0 Å². The number of nitrogens with zero attached hydrogens (tertiary/aromatic N) is 3. The minimum Gasteiger partial charge on any atom is -0.377 e. The van der Waals surface area contributed by atoms with Crippen molar-refractivity contribution < 1.29 is 19.1 Å². The third-order valence-electron chi connectivity index (χ3n) is 5.85. The molecule has 0 radical (unpaired) electrons. The minimum atomic E-state index is 0.251. The molecule has 2 aliphatic heterocycles. The Morgan fingerprint density at radius 1 is 0.786 bits per heavy atom. The van der Waals surface area contributed by atoms with Crippen molar-refractivity contribution in [2.24, 2.45) is 0 Å². The standard InChI is InChI=1S/C21H39N3O4/c1-4-20(25)23-10-6-18(7-11-23)27-16-14-22(3)15-17-28-19-8-12-24(13-9-19)21(26)5-2/h18-19H,4-17H2,1-3H3. The highest BCUT2D eigenvalue weighted by Crippen LogP contribution is 2.15. The number of likely N-dealkylation sites (N-methyl/N-ethyl adjacent to an activating group) is 1. The molecule has 2 rings (SSSR count). The fourth-order valence-electron chi connectivity index (χ4n) is 3.85. The molecule has 2 amide bonds. The molecule has 0 aliphatic carbocycles. The molecule has 0 spiro atoms. The lowest BCUT2D eigenvalue weighted by atomic mass is 10.1. The normalized spacial score (nSPS) is 19.4. The Morgan fingerprint density at radius 2 is 1.14 bits per heavy atom. The second kappa shape index (κ2) is 12.4. The molecule has 2 heterocycles. The van der Waals surface area contributed by atoms with Crippen molar-refractivity contribution in [3.63, 3.8) is 0 Å². The van der Waals surface area contributed by atoms with Gasteiger partial charge in [0, 0.05) is 52.1 Å². The molecule has 0 aromatic rings. The van der Waals surface area contributed by atoms with E-state index in [9.17, 15) is 9.59 Å². The number of likely N-dealkylation sites (tertiary alicyclic amines) is 2. The topological polar surface area (TPSA) is 62.3 Å². The molecule has 0 saturated carbocycles. The SMILES string of the molecule is CCC(=O)N1CCC(OCCN(C)CCOC2CCN(C(=O)CC)CC2)CC1. The molecule has 7 nitrogen and oxygen atoms in total. The summed E-state index contributed by atoms with van der Waals surface area (Å²) in [5.74, 6) is 0.502. The molecule has 28 heavy (non-hydrogen) atoms. The Morgan fingerprint density at radius 3 is 1.46 bits per heavy atom. The molecule has 2 saturated heterocycles. The summed E-state index contributed by atoms with van der Waals surface area (Å²) in [6.07, 6.45) is 5.51. The zero-order valence-electron chi connectivity index (χ0n) is 18.0. The fourth-order valence-corrected chi connectivity index (χ4v) is 3.85. The van der Waals surface area contributed by atoms with Gasteiger partial charge in [-0.25, -0.2) is 0 Å². The summed E-state index contributed by atoms with van der Waals surface area (Å²) in [6.45, 7) is 10.4. The molecule has 162 valence electrons. The molecule has 7 heteroatoms. The molecule has 0 aromatic carbocycles. The van der Waals surface area contributed by atoms with Gasteiger partial charge in [0.05, 0.1) is 25.4 Å². The van der Waals surface area contributed by atoms with E-state index in [1.54, 1.807) is 0 Å². The van der Waals surface area contributed by atoms with Crippen LogP contribution in [0.25, 0.3) is 0 Å². The van der Waals surface area contributed by atoms with Crippen LogP contribution in [0.3, 0.4) is 0 Å². The maximum absolute atomic E-state index is 11.7. The first kappa shape index (κ1) is 23.1. The van der Waals surface area contributed by atoms with Crippen molar-refractivity contribution >= 4 is 11.8 Å². The van der Waals surface area contributed by atoms with E-state index in [1.165, 1.54) is 0 Å². The lowest BCUT2D eigenvalue weighted by molar-refractivity contribution is -0.134. The van der Waals surface area contributed by atoms with Gasteiger partial charge in [-0.15, -0.1) is 0 Å². The molecule has 2 aliphatic rings. The lowest BCUT2D eigenvalue weighted by Crippen LogP contribution is -2.41. The van der Waals surface area contributed by atoms with Crippen LogP contribution in [-0.2, 0) is 19.1 Å². The summed E-state index contributed by atoms with van der Waals surface area (Å²) >= 11 is 0. The van der Waals surface area contributed by atoms with E-state index in [0.717, 1.165) is 78.2 Å². The average molecular weight is 398 g/mol. The van der Waals surface area contributed by atoms with Crippen LogP contribution >= 0.6 is 0 Å². The Hall–Kier alpha value is -1.18. The van der Waals surface area contributed by atoms with Crippen molar-refractivity contribution in [2.45, 2.75) is 64.6 Å². The largest absolute Gasteiger partial charge is 0.377 e. The molecule has 0 aromatic heterocycles. The maximum atomic E-state index is 11.7. The zero-order chi connectivity index (χ0) is 20.4. The van der Waals surface area contributed by atoms with Crippen molar-refractivity contribution in [3.8, 4) is 0 Å². The number of hydrogen-bond donors (Lipinski definition) is 0. The van der Waals surface area contributed by atoms with Gasteiger partial charge in [0.25, 0.3) is 0 Å². The van der Waals surface area contributed by atoms with Crippen LogP contribution in [0, 0.1) is 0 Å². The Balaban J connectivity index is 1.48. The highest BCUT2D eigenvalue weighted by atomic mass is 16.5. The monoisotopic (exact) mass is 397 g/mol. The highest BCUT2D eigenvalue weighted by Gasteiger charge is 2.23. The number of amides is 2. The van der Waals surface area contributed by atoms with Gasteiger partial charge in [0.15, 0.2) is 0 Å². The number of rotatable bonds is 10. The number of carbonyl (C=O) groups is 2. The van der Waals surface area contributed by atoms with Crippen LogP contribution in [-0.4, -0.2) is 98.3 Å². The average Bonchev–Trinajstić information content (AvgIpc) is 2.73. The first-order chi connectivity index (χ1) is 13.5. The summed E-state index contributed by atoms with van der Waals surface area (Å²) < 4.78 is 12.0. The van der Waals surface area contributed by atoms with Gasteiger partial charge in [-0.1, -0.05) is 13.8 Å². The van der Waals surface area contributed by atoms with Crippen LogP contribution in [0.15, 0.2) is 0 Å². The summed E-state index contributed by atoms with van der Waals surface area (Å²) in [6, 6.07) is 0. The molecular formula is C21H39N3O4. The molecule has 2 fully saturated rings. The second-order valence-electron chi connectivity index (χ2n) is 7.91. The van der Waals surface area contributed by atoms with Gasteiger partial charge in [0.1, 0.15) is 0 Å². The quantitative estimate of drug-likeness (QED) is 0.562. The predicted octanol–water partition coefficient (Wildman–Crippen LogP) is 1.75. The summed E-state index contributed by atoms with van der Waals surface area (Å²) in [5.41, 5.74) is 0. The van der Waals surface area contributed by atoms with Gasteiger partial charge in [0.2, 0.25) is 11.8 Å². The second-order valence-corrected chi connectivity index (χ2v) is 7.91. The van der Waals surface area contributed by atoms with Gasteiger partial charge < -0.3 is 24.2 Å². The lowest BCUT2D eigenvalue weighted by Gasteiger charge is -2.32. The molecule has 0 unspecified atom stereocenters. The smallest absolute Gasteiger partial charge is 0.222 e.